The van der Waals surface area contributed by atoms with Crippen LogP contribution in [0, 0.1) is 0 Å². The summed E-state index contributed by atoms with van der Waals surface area (Å²) in [6.45, 7) is -3.00. The first-order valence-electron chi connectivity index (χ1n) is 8.69. The van der Waals surface area contributed by atoms with Crippen LogP contribution in [-0.4, -0.2) is 43.2 Å². The molecule has 0 aliphatic rings. The minimum Gasteiger partial charge on any atom is -0.435 e. The number of nitrogens with zero attached hydrogens (tertiary/aromatic N) is 5. The second-order valence-corrected chi connectivity index (χ2v) is 6.96. The highest BCUT2D eigenvalue weighted by atomic mass is 35.5. The Morgan fingerprint density at radius 2 is 1.83 bits per heavy atom. The second kappa shape index (κ2) is 8.27. The minimum absolute atomic E-state index is 0.0147. The molecule has 1 amide bonds. The topological polar surface area (TPSA) is 91.4 Å². The number of benzene rings is 1. The zero-order chi connectivity index (χ0) is 22.2. The summed E-state index contributed by atoms with van der Waals surface area (Å²) in [5.41, 5.74) is -0.362. The number of hydrogen-bond donors (Lipinski definition) is 0. The SMILES string of the molecule is CN(Cc1ccc(OC(F)F)cc1)C(=O)Cn1c(Cl)nc2c1c(=O)n(C)c(=O)n2C. The molecular weight excluding hydrogens is 424 g/mol. The summed E-state index contributed by atoms with van der Waals surface area (Å²) < 4.78 is 32.1. The number of carbonyl (C=O) groups excluding carboxylic acids is 1. The maximum atomic E-state index is 12.7. The van der Waals surface area contributed by atoms with Gasteiger partial charge in [-0.15, -0.1) is 0 Å². The van der Waals surface area contributed by atoms with E-state index >= 15 is 0 Å². The van der Waals surface area contributed by atoms with E-state index in [4.69, 9.17) is 11.6 Å². The van der Waals surface area contributed by atoms with Crippen molar-refractivity contribution in [2.75, 3.05) is 7.05 Å². The normalized spacial score (nSPS) is 11.3. The Morgan fingerprint density at radius 1 is 1.20 bits per heavy atom. The van der Waals surface area contributed by atoms with Gasteiger partial charge in [0.25, 0.3) is 5.56 Å². The van der Waals surface area contributed by atoms with Gasteiger partial charge in [-0.25, -0.2) is 4.79 Å². The molecule has 0 aliphatic heterocycles. The molecule has 3 rings (SSSR count). The lowest BCUT2D eigenvalue weighted by molar-refractivity contribution is -0.131. The molecule has 0 spiro atoms. The summed E-state index contributed by atoms with van der Waals surface area (Å²) in [4.78, 5) is 42.7. The Morgan fingerprint density at radius 3 is 2.43 bits per heavy atom. The monoisotopic (exact) mass is 441 g/mol. The molecule has 0 bridgehead atoms. The molecule has 3 aromatic rings. The van der Waals surface area contributed by atoms with Gasteiger partial charge in [0, 0.05) is 27.7 Å². The molecule has 0 radical (unpaired) electrons. The van der Waals surface area contributed by atoms with E-state index in [2.05, 4.69) is 9.72 Å². The van der Waals surface area contributed by atoms with Crippen LogP contribution >= 0.6 is 11.6 Å². The molecule has 0 saturated heterocycles. The van der Waals surface area contributed by atoms with Crippen LogP contribution in [0.1, 0.15) is 5.56 Å². The molecule has 160 valence electrons. The number of fused-ring (bicyclic) bond motifs is 1. The van der Waals surface area contributed by atoms with E-state index in [0.717, 1.165) is 4.57 Å². The first-order valence-corrected chi connectivity index (χ1v) is 9.07. The number of aryl methyl sites for hydroxylation is 1. The summed E-state index contributed by atoms with van der Waals surface area (Å²) in [6.07, 6.45) is 0. The van der Waals surface area contributed by atoms with Gasteiger partial charge in [-0.1, -0.05) is 12.1 Å². The van der Waals surface area contributed by atoms with Crippen molar-refractivity contribution in [3.63, 3.8) is 0 Å². The summed E-state index contributed by atoms with van der Waals surface area (Å²) in [6, 6.07) is 5.88. The molecule has 0 atom stereocenters. The fraction of sp³-hybridized carbons (Fsp3) is 0.333. The van der Waals surface area contributed by atoms with Gasteiger partial charge in [-0.2, -0.15) is 13.8 Å². The van der Waals surface area contributed by atoms with Gasteiger partial charge in [0.15, 0.2) is 11.2 Å². The lowest BCUT2D eigenvalue weighted by Gasteiger charge is -2.18. The minimum atomic E-state index is -2.91. The number of alkyl halides is 2. The van der Waals surface area contributed by atoms with Crippen molar-refractivity contribution in [3.8, 4) is 5.75 Å². The molecule has 0 fully saturated rings. The zero-order valence-electron chi connectivity index (χ0n) is 16.3. The Bertz CT molecular complexity index is 1220. The van der Waals surface area contributed by atoms with Crippen molar-refractivity contribution in [1.29, 1.82) is 0 Å². The highest BCUT2D eigenvalue weighted by molar-refractivity contribution is 6.29. The standard InChI is InChI=1S/C18H18ClF2N5O4/c1-23(8-10-4-6-11(7-5-10)30-17(20)21)12(27)9-26-13-14(22-16(26)19)24(2)18(29)25(3)15(13)28/h4-7,17H,8-9H2,1-3H3. The molecule has 1 aromatic carbocycles. The number of ether oxygens (including phenoxy) is 1. The largest absolute Gasteiger partial charge is 0.435 e. The maximum absolute atomic E-state index is 12.7. The third-order valence-corrected chi connectivity index (χ3v) is 4.88. The van der Waals surface area contributed by atoms with Crippen molar-refractivity contribution < 1.29 is 18.3 Å². The van der Waals surface area contributed by atoms with Crippen LogP contribution in [0.2, 0.25) is 5.28 Å². The number of rotatable bonds is 6. The van der Waals surface area contributed by atoms with Crippen molar-refractivity contribution >= 4 is 28.7 Å². The molecule has 12 heteroatoms. The molecule has 0 aliphatic carbocycles. The first kappa shape index (κ1) is 21.5. The van der Waals surface area contributed by atoms with Crippen LogP contribution in [-0.2, 0) is 32.0 Å². The van der Waals surface area contributed by atoms with Crippen molar-refractivity contribution in [3.05, 3.63) is 56.0 Å². The lowest BCUT2D eigenvalue weighted by Crippen LogP contribution is -2.38. The Labute approximate surface area is 173 Å². The first-order chi connectivity index (χ1) is 14.1. The van der Waals surface area contributed by atoms with Crippen LogP contribution in [0.5, 0.6) is 5.75 Å². The van der Waals surface area contributed by atoms with Crippen LogP contribution in [0.15, 0.2) is 33.9 Å². The number of imidazole rings is 1. The van der Waals surface area contributed by atoms with E-state index in [-0.39, 0.29) is 41.2 Å². The fourth-order valence-corrected chi connectivity index (χ4v) is 3.18. The summed E-state index contributed by atoms with van der Waals surface area (Å²) in [5.74, 6) is -0.360. The Kier molecular flexibility index (Phi) is 5.92. The van der Waals surface area contributed by atoms with E-state index in [1.165, 1.54) is 40.3 Å². The number of likely N-dealkylation sites (N-methyl/N-ethyl adjacent to an activating group) is 1. The molecule has 2 heterocycles. The van der Waals surface area contributed by atoms with Gasteiger partial charge < -0.3 is 9.64 Å². The van der Waals surface area contributed by atoms with E-state index in [1.807, 2.05) is 0 Å². The van der Waals surface area contributed by atoms with Gasteiger partial charge in [0.2, 0.25) is 11.2 Å². The fourth-order valence-electron chi connectivity index (χ4n) is 2.96. The quantitative estimate of drug-likeness (QED) is 0.538. The predicted molar refractivity (Wildman–Crippen MR) is 105 cm³/mol. The van der Waals surface area contributed by atoms with Gasteiger partial charge >= 0.3 is 12.3 Å². The number of amides is 1. The van der Waals surface area contributed by atoms with Crippen LogP contribution in [0.25, 0.3) is 11.2 Å². The Hall–Kier alpha value is -3.21. The molecular formula is C18H18ClF2N5O4. The van der Waals surface area contributed by atoms with Gasteiger partial charge in [-0.05, 0) is 29.3 Å². The van der Waals surface area contributed by atoms with Gasteiger partial charge in [-0.3, -0.25) is 23.3 Å². The maximum Gasteiger partial charge on any atom is 0.387 e. The number of carbonyl (C=O) groups is 1. The van der Waals surface area contributed by atoms with Crippen molar-refractivity contribution in [1.82, 2.24) is 23.6 Å². The van der Waals surface area contributed by atoms with Crippen molar-refractivity contribution in [2.24, 2.45) is 14.1 Å². The predicted octanol–water partition coefficient (Wildman–Crippen LogP) is 1.35. The zero-order valence-corrected chi connectivity index (χ0v) is 17.1. The average molecular weight is 442 g/mol. The molecule has 30 heavy (non-hydrogen) atoms. The second-order valence-electron chi connectivity index (χ2n) is 6.62. The van der Waals surface area contributed by atoms with E-state index in [9.17, 15) is 23.2 Å². The summed E-state index contributed by atoms with van der Waals surface area (Å²) in [5, 5.41) is -0.0986. The van der Waals surface area contributed by atoms with Crippen LogP contribution in [0.3, 0.4) is 0 Å². The molecule has 0 saturated carbocycles. The number of aromatic nitrogens is 4. The molecule has 0 unspecified atom stereocenters. The Balaban J connectivity index is 1.82. The molecule has 9 nitrogen and oxygen atoms in total. The van der Waals surface area contributed by atoms with Gasteiger partial charge in [0.1, 0.15) is 12.3 Å². The highest BCUT2D eigenvalue weighted by Gasteiger charge is 2.21. The van der Waals surface area contributed by atoms with Crippen LogP contribution in [0.4, 0.5) is 8.78 Å². The van der Waals surface area contributed by atoms with E-state index in [0.29, 0.717) is 5.56 Å². The van der Waals surface area contributed by atoms with E-state index in [1.54, 1.807) is 19.2 Å². The third-order valence-electron chi connectivity index (χ3n) is 4.59. The van der Waals surface area contributed by atoms with E-state index < -0.39 is 17.9 Å². The summed E-state index contributed by atoms with van der Waals surface area (Å²) in [7, 11) is 4.32. The summed E-state index contributed by atoms with van der Waals surface area (Å²) >= 11 is 6.13. The lowest BCUT2D eigenvalue weighted by atomic mass is 10.2. The average Bonchev–Trinajstić information content (AvgIpc) is 3.02. The molecule has 2 aromatic heterocycles. The van der Waals surface area contributed by atoms with Gasteiger partial charge in [0.05, 0.1) is 0 Å². The number of halogens is 3. The molecule has 0 N–H and O–H groups in total. The van der Waals surface area contributed by atoms with Crippen molar-refractivity contribution in [2.45, 2.75) is 19.7 Å². The highest BCUT2D eigenvalue weighted by Crippen LogP contribution is 2.18. The van der Waals surface area contributed by atoms with Crippen LogP contribution < -0.4 is 16.0 Å². The smallest absolute Gasteiger partial charge is 0.387 e. The third kappa shape index (κ3) is 4.06. The number of hydrogen-bond acceptors (Lipinski definition) is 5.